The number of carbonyl (C=O) groups is 1. The molecule has 1 amide bonds. The Hall–Kier alpha value is -2.88. The number of nitrogens with zero attached hydrogens (tertiary/aromatic N) is 3. The molecule has 9 heteroatoms. The average Bonchev–Trinajstić information content (AvgIpc) is 3.15. The standard InChI is InChI=1S/C25H30N4O4S/c1-27-11-5-12-28(2)34(31,32)26-25(30)20-9-8-19-14-23-21-6-3-4-7-24(21)33-17-18(10-13-27)16-29(23)22(19)15-20/h3-4,6-9,14-15,18H,5,10-13,16-17H2,1-2H3,(H,26,30). The summed E-state index contributed by atoms with van der Waals surface area (Å²) in [6.45, 7) is 3.37. The van der Waals surface area contributed by atoms with E-state index in [1.165, 1.54) is 11.4 Å². The third kappa shape index (κ3) is 4.43. The Kier molecular flexibility index (Phi) is 6.09. The van der Waals surface area contributed by atoms with Gasteiger partial charge in [0.25, 0.3) is 5.91 Å². The first-order valence-corrected chi connectivity index (χ1v) is 13.1. The Morgan fingerprint density at radius 1 is 1.03 bits per heavy atom. The highest BCUT2D eigenvalue weighted by molar-refractivity contribution is 7.87. The van der Waals surface area contributed by atoms with Gasteiger partial charge < -0.3 is 14.2 Å². The van der Waals surface area contributed by atoms with Gasteiger partial charge in [-0.1, -0.05) is 18.2 Å². The van der Waals surface area contributed by atoms with Gasteiger partial charge in [-0.25, -0.2) is 4.72 Å². The van der Waals surface area contributed by atoms with Crippen LogP contribution in [0.5, 0.6) is 5.75 Å². The third-order valence-corrected chi connectivity index (χ3v) is 8.26. The van der Waals surface area contributed by atoms with Crippen LogP contribution in [0.2, 0.25) is 0 Å². The van der Waals surface area contributed by atoms with E-state index >= 15 is 0 Å². The normalized spacial score (nSPS) is 22.1. The Bertz CT molecular complexity index is 1330. The van der Waals surface area contributed by atoms with Gasteiger partial charge in [-0.3, -0.25) is 4.79 Å². The molecule has 1 aromatic heterocycles. The van der Waals surface area contributed by atoms with Crippen molar-refractivity contribution in [3.8, 4) is 17.0 Å². The van der Waals surface area contributed by atoms with Gasteiger partial charge in [0, 0.05) is 48.1 Å². The van der Waals surface area contributed by atoms with Crippen molar-refractivity contribution in [3.63, 3.8) is 0 Å². The predicted octanol–water partition coefficient (Wildman–Crippen LogP) is 2.95. The maximum atomic E-state index is 12.9. The predicted molar refractivity (Wildman–Crippen MR) is 132 cm³/mol. The smallest absolute Gasteiger partial charge is 0.303 e. The minimum absolute atomic E-state index is 0.290. The minimum Gasteiger partial charge on any atom is -0.493 e. The van der Waals surface area contributed by atoms with Gasteiger partial charge in [0.15, 0.2) is 0 Å². The number of hydrogen-bond acceptors (Lipinski definition) is 5. The van der Waals surface area contributed by atoms with E-state index in [2.05, 4.69) is 33.4 Å². The van der Waals surface area contributed by atoms with Crippen molar-refractivity contribution in [2.75, 3.05) is 40.3 Å². The molecular weight excluding hydrogens is 452 g/mol. The molecule has 3 heterocycles. The molecule has 0 aliphatic carbocycles. The number of rotatable bonds is 0. The van der Waals surface area contributed by atoms with E-state index in [4.69, 9.17) is 4.74 Å². The highest BCUT2D eigenvalue weighted by atomic mass is 32.2. The number of carbonyl (C=O) groups excluding carboxylic acids is 1. The largest absolute Gasteiger partial charge is 0.493 e. The maximum absolute atomic E-state index is 12.9. The van der Waals surface area contributed by atoms with Crippen molar-refractivity contribution in [1.82, 2.24) is 18.5 Å². The fourth-order valence-electron chi connectivity index (χ4n) is 4.77. The van der Waals surface area contributed by atoms with Gasteiger partial charge in [0.1, 0.15) is 5.75 Å². The van der Waals surface area contributed by atoms with Crippen LogP contribution in [-0.4, -0.2) is 68.4 Å². The first-order chi connectivity index (χ1) is 16.3. The number of hydrogen-bond donors (Lipinski definition) is 1. The number of benzene rings is 2. The van der Waals surface area contributed by atoms with E-state index in [0.29, 0.717) is 31.1 Å². The fraction of sp³-hybridized carbons (Fsp3) is 0.400. The monoisotopic (exact) mass is 482 g/mol. The lowest BCUT2D eigenvalue weighted by Gasteiger charge is -2.27. The van der Waals surface area contributed by atoms with Gasteiger partial charge >= 0.3 is 10.2 Å². The van der Waals surface area contributed by atoms with Crippen molar-refractivity contribution in [3.05, 3.63) is 54.1 Å². The Morgan fingerprint density at radius 3 is 2.71 bits per heavy atom. The quantitative estimate of drug-likeness (QED) is 0.533. The van der Waals surface area contributed by atoms with Crippen LogP contribution in [0.3, 0.4) is 0 Å². The first kappa shape index (κ1) is 22.9. The van der Waals surface area contributed by atoms with Crippen molar-refractivity contribution < 1.29 is 17.9 Å². The summed E-state index contributed by atoms with van der Waals surface area (Å²) in [6, 6.07) is 15.5. The Morgan fingerprint density at radius 2 is 1.85 bits per heavy atom. The zero-order valence-electron chi connectivity index (χ0n) is 19.5. The fourth-order valence-corrected chi connectivity index (χ4v) is 5.64. The van der Waals surface area contributed by atoms with Crippen molar-refractivity contribution in [2.24, 2.45) is 5.92 Å². The van der Waals surface area contributed by atoms with E-state index in [1.807, 2.05) is 24.3 Å². The van der Waals surface area contributed by atoms with Crippen molar-refractivity contribution >= 4 is 27.0 Å². The second-order valence-corrected chi connectivity index (χ2v) is 11.1. The van der Waals surface area contributed by atoms with Crippen LogP contribution in [0.4, 0.5) is 0 Å². The highest BCUT2D eigenvalue weighted by Crippen LogP contribution is 2.37. The van der Waals surface area contributed by atoms with Crippen LogP contribution in [0.1, 0.15) is 23.2 Å². The van der Waals surface area contributed by atoms with E-state index in [9.17, 15) is 13.2 Å². The maximum Gasteiger partial charge on any atom is 0.303 e. The number of para-hydroxylation sites is 1. The Labute approximate surface area is 200 Å². The number of amides is 1. The number of ether oxygens (including phenoxy) is 1. The topological polar surface area (TPSA) is 83.9 Å². The summed E-state index contributed by atoms with van der Waals surface area (Å²) in [5.41, 5.74) is 3.28. The molecule has 1 unspecified atom stereocenters. The molecule has 2 aliphatic rings. The van der Waals surface area contributed by atoms with Crippen LogP contribution < -0.4 is 9.46 Å². The summed E-state index contributed by atoms with van der Waals surface area (Å²) >= 11 is 0. The van der Waals surface area contributed by atoms with Gasteiger partial charge in [-0.2, -0.15) is 12.7 Å². The van der Waals surface area contributed by atoms with Crippen LogP contribution in [0.25, 0.3) is 22.2 Å². The van der Waals surface area contributed by atoms with Gasteiger partial charge in [0.05, 0.1) is 12.3 Å². The number of aromatic nitrogens is 1. The van der Waals surface area contributed by atoms with E-state index in [1.54, 1.807) is 12.1 Å². The van der Waals surface area contributed by atoms with Crippen LogP contribution in [0.15, 0.2) is 48.5 Å². The molecule has 0 saturated carbocycles. The zero-order chi connectivity index (χ0) is 23.9. The van der Waals surface area contributed by atoms with E-state index in [0.717, 1.165) is 54.0 Å². The van der Waals surface area contributed by atoms with Crippen molar-refractivity contribution in [2.45, 2.75) is 19.4 Å². The van der Waals surface area contributed by atoms with Gasteiger partial charge in [0.2, 0.25) is 0 Å². The molecule has 3 aromatic rings. The molecule has 1 atom stereocenters. The van der Waals surface area contributed by atoms with Crippen LogP contribution >= 0.6 is 0 Å². The lowest BCUT2D eigenvalue weighted by atomic mass is 10.0. The molecule has 0 saturated heterocycles. The summed E-state index contributed by atoms with van der Waals surface area (Å²) in [6.07, 6.45) is 1.63. The molecule has 180 valence electrons. The van der Waals surface area contributed by atoms with E-state index in [-0.39, 0.29) is 0 Å². The molecule has 5 rings (SSSR count). The molecular formula is C25H30N4O4S. The lowest BCUT2D eigenvalue weighted by Crippen LogP contribution is -2.42. The zero-order valence-corrected chi connectivity index (χ0v) is 20.3. The Balaban J connectivity index is 1.64. The number of fused-ring (bicyclic) bond motifs is 4. The molecule has 2 aromatic carbocycles. The summed E-state index contributed by atoms with van der Waals surface area (Å²) in [5.74, 6) is 0.518. The summed E-state index contributed by atoms with van der Waals surface area (Å²) < 4.78 is 37.3. The lowest BCUT2D eigenvalue weighted by molar-refractivity contribution is 0.0979. The summed E-state index contributed by atoms with van der Waals surface area (Å²) in [7, 11) is -0.365. The number of nitrogens with one attached hydrogen (secondary N) is 1. The molecule has 1 N–H and O–H groups in total. The molecule has 4 bridgehead atoms. The van der Waals surface area contributed by atoms with Gasteiger partial charge in [-0.05, 0) is 63.3 Å². The van der Waals surface area contributed by atoms with Crippen LogP contribution in [0, 0.1) is 5.92 Å². The minimum atomic E-state index is -3.92. The second-order valence-electron chi connectivity index (χ2n) is 9.29. The van der Waals surface area contributed by atoms with Crippen molar-refractivity contribution in [1.29, 1.82) is 0 Å². The molecule has 8 nitrogen and oxygen atoms in total. The van der Waals surface area contributed by atoms with Gasteiger partial charge in [-0.15, -0.1) is 0 Å². The summed E-state index contributed by atoms with van der Waals surface area (Å²) in [5, 5.41) is 1.00. The van der Waals surface area contributed by atoms with E-state index < -0.39 is 16.1 Å². The van der Waals surface area contributed by atoms with Crippen LogP contribution in [-0.2, 0) is 16.8 Å². The molecule has 0 radical (unpaired) electrons. The molecule has 0 fully saturated rings. The molecule has 2 aliphatic heterocycles. The molecule has 0 spiro atoms. The third-order valence-electron chi connectivity index (χ3n) is 6.81. The average molecular weight is 483 g/mol. The highest BCUT2D eigenvalue weighted by Gasteiger charge is 2.25. The first-order valence-electron chi connectivity index (χ1n) is 11.6. The summed E-state index contributed by atoms with van der Waals surface area (Å²) in [4.78, 5) is 15.1. The molecule has 34 heavy (non-hydrogen) atoms. The second kappa shape index (κ2) is 9.05. The SMILES string of the molecule is CN1CCCN(C)S(=O)(=O)NC(=O)c2ccc3cc4n(c3c2)CC(CC1)COc1ccccc1-4.